The summed E-state index contributed by atoms with van der Waals surface area (Å²) in [5.74, 6) is 2.44. The molecule has 1 fully saturated rings. The van der Waals surface area contributed by atoms with Crippen molar-refractivity contribution in [2.75, 3.05) is 39.4 Å². The number of hydrogen-bond acceptors (Lipinski definition) is 4. The number of halogens is 1. The number of nitrogens with zero attached hydrogens (tertiary/aromatic N) is 1. The van der Waals surface area contributed by atoms with E-state index in [1.807, 2.05) is 31.2 Å². The van der Waals surface area contributed by atoms with Crippen molar-refractivity contribution in [3.05, 3.63) is 24.3 Å². The van der Waals surface area contributed by atoms with Crippen molar-refractivity contribution < 1.29 is 9.47 Å². The van der Waals surface area contributed by atoms with Gasteiger partial charge in [-0.05, 0) is 57.3 Å². The molecule has 1 atom stereocenters. The van der Waals surface area contributed by atoms with Crippen LogP contribution in [0.1, 0.15) is 26.2 Å². The van der Waals surface area contributed by atoms with E-state index >= 15 is 0 Å². The third-order valence-electron chi connectivity index (χ3n) is 3.99. The first-order valence-electron chi connectivity index (χ1n) is 8.10. The molecule has 1 aliphatic rings. The maximum absolute atomic E-state index is 5.90. The van der Waals surface area contributed by atoms with Crippen molar-refractivity contribution in [2.24, 2.45) is 11.7 Å². The lowest BCUT2D eigenvalue weighted by atomic mass is 9.95. The molecule has 0 radical (unpaired) electrons. The molecule has 1 aromatic carbocycles. The number of rotatable bonds is 8. The quantitative estimate of drug-likeness (QED) is 0.797. The Morgan fingerprint density at radius 2 is 1.95 bits per heavy atom. The molecule has 0 aliphatic carbocycles. The summed E-state index contributed by atoms with van der Waals surface area (Å²) in [7, 11) is 0. The maximum Gasteiger partial charge on any atom is 0.161 e. The number of likely N-dealkylation sites (tertiary alicyclic amines) is 1. The number of ether oxygens (including phenoxy) is 2. The average molecular weight is 329 g/mol. The van der Waals surface area contributed by atoms with E-state index in [4.69, 9.17) is 15.2 Å². The fraction of sp³-hybridized carbons (Fsp3) is 0.647. The highest BCUT2D eigenvalue weighted by Crippen LogP contribution is 2.26. The van der Waals surface area contributed by atoms with Gasteiger partial charge in [0.25, 0.3) is 0 Å². The minimum Gasteiger partial charge on any atom is -0.490 e. The van der Waals surface area contributed by atoms with Crippen molar-refractivity contribution in [3.63, 3.8) is 0 Å². The lowest BCUT2D eigenvalue weighted by Gasteiger charge is -2.32. The van der Waals surface area contributed by atoms with Crippen LogP contribution in [-0.2, 0) is 0 Å². The Kier molecular flexibility index (Phi) is 9.28. The second kappa shape index (κ2) is 10.7. The number of piperidine rings is 1. The fourth-order valence-corrected chi connectivity index (χ4v) is 2.95. The van der Waals surface area contributed by atoms with Crippen molar-refractivity contribution in [2.45, 2.75) is 26.2 Å². The number of para-hydroxylation sites is 2. The van der Waals surface area contributed by atoms with Gasteiger partial charge in [0, 0.05) is 13.1 Å². The maximum atomic E-state index is 5.90. The van der Waals surface area contributed by atoms with E-state index in [-0.39, 0.29) is 12.4 Å². The lowest BCUT2D eigenvalue weighted by molar-refractivity contribution is 0.142. The van der Waals surface area contributed by atoms with Crippen LogP contribution in [-0.4, -0.2) is 44.3 Å². The van der Waals surface area contributed by atoms with Crippen molar-refractivity contribution in [1.82, 2.24) is 4.90 Å². The molecule has 0 spiro atoms. The lowest BCUT2D eigenvalue weighted by Crippen LogP contribution is -2.38. The second-order valence-corrected chi connectivity index (χ2v) is 5.61. The Balaban J connectivity index is 0.00000242. The van der Waals surface area contributed by atoms with E-state index in [2.05, 4.69) is 4.90 Å². The SMILES string of the molecule is CCOc1ccccc1OCCN1CCCC(CCN)C1.Cl. The first kappa shape index (κ1) is 19.1. The first-order chi connectivity index (χ1) is 10.3. The standard InChI is InChI=1S/C17H28N2O2.ClH/c1-2-20-16-7-3-4-8-17(16)21-13-12-19-11-5-6-15(14-19)9-10-18;/h3-4,7-8,15H,2,5-6,9-14,18H2,1H3;1H. The minimum absolute atomic E-state index is 0. The third kappa shape index (κ3) is 6.03. The van der Waals surface area contributed by atoms with E-state index in [1.165, 1.54) is 19.4 Å². The molecule has 2 N–H and O–H groups in total. The molecule has 0 amide bonds. The zero-order valence-electron chi connectivity index (χ0n) is 13.5. The van der Waals surface area contributed by atoms with E-state index in [9.17, 15) is 0 Å². The van der Waals surface area contributed by atoms with Crippen LogP contribution in [0.3, 0.4) is 0 Å². The third-order valence-corrected chi connectivity index (χ3v) is 3.99. The Hall–Kier alpha value is -0.970. The monoisotopic (exact) mass is 328 g/mol. The second-order valence-electron chi connectivity index (χ2n) is 5.61. The summed E-state index contributed by atoms with van der Waals surface area (Å²) in [5.41, 5.74) is 5.67. The van der Waals surface area contributed by atoms with Gasteiger partial charge < -0.3 is 15.2 Å². The zero-order valence-corrected chi connectivity index (χ0v) is 14.3. The summed E-state index contributed by atoms with van der Waals surface area (Å²) in [5, 5.41) is 0. The van der Waals surface area contributed by atoms with E-state index in [0.29, 0.717) is 13.2 Å². The molecule has 126 valence electrons. The predicted octanol–water partition coefficient (Wildman–Crippen LogP) is 2.95. The molecule has 1 saturated heterocycles. The molecular weight excluding hydrogens is 300 g/mol. The molecule has 1 aliphatic heterocycles. The van der Waals surface area contributed by atoms with Crippen molar-refractivity contribution in [3.8, 4) is 11.5 Å². The van der Waals surface area contributed by atoms with Gasteiger partial charge in [-0.2, -0.15) is 0 Å². The van der Waals surface area contributed by atoms with E-state index in [1.54, 1.807) is 0 Å². The van der Waals surface area contributed by atoms with Crippen LogP contribution in [0, 0.1) is 5.92 Å². The van der Waals surface area contributed by atoms with Crippen LogP contribution >= 0.6 is 12.4 Å². The molecule has 5 heteroatoms. The van der Waals surface area contributed by atoms with Crippen molar-refractivity contribution >= 4 is 12.4 Å². The summed E-state index contributed by atoms with van der Waals surface area (Å²) in [6.07, 6.45) is 3.74. The normalized spacial score (nSPS) is 18.5. The number of hydrogen-bond donors (Lipinski definition) is 1. The summed E-state index contributed by atoms with van der Waals surface area (Å²) in [6.45, 7) is 7.47. The summed E-state index contributed by atoms with van der Waals surface area (Å²) in [4.78, 5) is 2.49. The molecule has 4 nitrogen and oxygen atoms in total. The molecule has 22 heavy (non-hydrogen) atoms. The molecule has 2 rings (SSSR count). The van der Waals surface area contributed by atoms with Gasteiger partial charge in [0.1, 0.15) is 6.61 Å². The predicted molar refractivity (Wildman–Crippen MR) is 93.2 cm³/mol. The molecule has 1 heterocycles. The van der Waals surface area contributed by atoms with E-state index < -0.39 is 0 Å². The molecule has 1 unspecified atom stereocenters. The molecule has 0 bridgehead atoms. The van der Waals surface area contributed by atoms with Gasteiger partial charge in [-0.3, -0.25) is 4.90 Å². The van der Waals surface area contributed by atoms with Gasteiger partial charge in [-0.25, -0.2) is 0 Å². The highest BCUT2D eigenvalue weighted by Gasteiger charge is 2.19. The Morgan fingerprint density at radius 1 is 1.23 bits per heavy atom. The minimum atomic E-state index is 0. The molecular formula is C17H29ClN2O2. The van der Waals surface area contributed by atoms with Gasteiger partial charge in [0.15, 0.2) is 11.5 Å². The zero-order chi connectivity index (χ0) is 14.9. The molecule has 1 aromatic rings. The van der Waals surface area contributed by atoms with Gasteiger partial charge in [-0.1, -0.05) is 12.1 Å². The van der Waals surface area contributed by atoms with Crippen LogP contribution in [0.5, 0.6) is 11.5 Å². The Bertz CT molecular complexity index is 415. The van der Waals surface area contributed by atoms with Crippen LogP contribution in [0.2, 0.25) is 0 Å². The Labute approximate surface area is 140 Å². The number of nitrogens with two attached hydrogens (primary N) is 1. The topological polar surface area (TPSA) is 47.7 Å². The highest BCUT2D eigenvalue weighted by molar-refractivity contribution is 5.85. The highest BCUT2D eigenvalue weighted by atomic mass is 35.5. The van der Waals surface area contributed by atoms with Crippen LogP contribution in [0.15, 0.2) is 24.3 Å². The van der Waals surface area contributed by atoms with Gasteiger partial charge >= 0.3 is 0 Å². The molecule has 0 aromatic heterocycles. The van der Waals surface area contributed by atoms with Crippen LogP contribution in [0.25, 0.3) is 0 Å². The van der Waals surface area contributed by atoms with Crippen LogP contribution in [0.4, 0.5) is 0 Å². The van der Waals surface area contributed by atoms with Gasteiger partial charge in [-0.15, -0.1) is 12.4 Å². The summed E-state index contributed by atoms with van der Waals surface area (Å²) >= 11 is 0. The van der Waals surface area contributed by atoms with Gasteiger partial charge in [0.2, 0.25) is 0 Å². The molecule has 0 saturated carbocycles. The largest absolute Gasteiger partial charge is 0.490 e. The van der Waals surface area contributed by atoms with Crippen LogP contribution < -0.4 is 15.2 Å². The Morgan fingerprint density at radius 3 is 2.64 bits per heavy atom. The summed E-state index contributed by atoms with van der Waals surface area (Å²) < 4.78 is 11.5. The van der Waals surface area contributed by atoms with E-state index in [0.717, 1.165) is 43.5 Å². The summed E-state index contributed by atoms with van der Waals surface area (Å²) in [6, 6.07) is 7.88. The smallest absolute Gasteiger partial charge is 0.161 e. The van der Waals surface area contributed by atoms with Gasteiger partial charge in [0.05, 0.1) is 6.61 Å². The fourth-order valence-electron chi connectivity index (χ4n) is 2.95. The average Bonchev–Trinajstić information content (AvgIpc) is 2.50. The van der Waals surface area contributed by atoms with Crippen molar-refractivity contribution in [1.29, 1.82) is 0 Å². The number of benzene rings is 1. The first-order valence-corrected chi connectivity index (χ1v) is 8.10.